The lowest BCUT2D eigenvalue weighted by Gasteiger charge is -2.37. The lowest BCUT2D eigenvalue weighted by Crippen LogP contribution is -2.46. The Kier molecular flexibility index (Phi) is 5.53. The van der Waals surface area contributed by atoms with Crippen LogP contribution in [0.15, 0.2) is 41.0 Å². The van der Waals surface area contributed by atoms with Gasteiger partial charge in [-0.05, 0) is 49.4 Å². The molecule has 0 bridgehead atoms. The van der Waals surface area contributed by atoms with Crippen molar-refractivity contribution in [2.75, 3.05) is 37.6 Å². The molecule has 2 aromatic rings. The fourth-order valence-corrected chi connectivity index (χ4v) is 3.24. The van der Waals surface area contributed by atoms with Crippen LogP contribution in [0.25, 0.3) is 0 Å². The van der Waals surface area contributed by atoms with Crippen LogP contribution >= 0.6 is 0 Å². The van der Waals surface area contributed by atoms with Crippen molar-refractivity contribution in [3.05, 3.63) is 53.7 Å². The van der Waals surface area contributed by atoms with E-state index in [9.17, 15) is 4.39 Å². The van der Waals surface area contributed by atoms with Gasteiger partial charge in [0.25, 0.3) is 0 Å². The molecule has 3 rings (SSSR count). The number of hydrogen-bond donors (Lipinski definition) is 1. The number of piperazine rings is 1. The van der Waals surface area contributed by atoms with Gasteiger partial charge in [-0.1, -0.05) is 6.92 Å². The molecule has 1 fully saturated rings. The van der Waals surface area contributed by atoms with Crippen molar-refractivity contribution in [2.45, 2.75) is 26.4 Å². The van der Waals surface area contributed by atoms with Crippen molar-refractivity contribution in [3.63, 3.8) is 0 Å². The summed E-state index contributed by atoms with van der Waals surface area (Å²) in [6.45, 7) is 10.1. The second-order valence-corrected chi connectivity index (χ2v) is 6.31. The molecule has 130 valence electrons. The maximum Gasteiger partial charge on any atom is 0.123 e. The molecule has 0 aliphatic carbocycles. The standard InChI is InChI=1S/C19H26FN3O/c1-3-22-8-10-23(11-9-22)19-7-6-16(20)13-18(19)15(2)21-14-17-5-4-12-24-17/h4-7,12-13,15,21H,3,8-11,14H2,1-2H3. The minimum Gasteiger partial charge on any atom is -0.468 e. The molecule has 0 radical (unpaired) electrons. The van der Waals surface area contributed by atoms with Crippen LogP contribution in [0.5, 0.6) is 0 Å². The summed E-state index contributed by atoms with van der Waals surface area (Å²) in [6.07, 6.45) is 1.67. The van der Waals surface area contributed by atoms with Crippen LogP contribution in [-0.4, -0.2) is 37.6 Å². The molecule has 5 heteroatoms. The number of halogens is 1. The smallest absolute Gasteiger partial charge is 0.123 e. The Bertz CT molecular complexity index is 636. The van der Waals surface area contributed by atoms with Gasteiger partial charge < -0.3 is 19.5 Å². The van der Waals surface area contributed by atoms with E-state index < -0.39 is 0 Å². The first-order valence-corrected chi connectivity index (χ1v) is 8.70. The average Bonchev–Trinajstić information content (AvgIpc) is 3.13. The third-order valence-corrected chi connectivity index (χ3v) is 4.78. The highest BCUT2D eigenvalue weighted by Gasteiger charge is 2.21. The molecule has 1 aliphatic rings. The summed E-state index contributed by atoms with van der Waals surface area (Å²) in [6, 6.07) is 8.99. The van der Waals surface area contributed by atoms with Gasteiger partial charge in [0.2, 0.25) is 0 Å². The number of nitrogens with zero attached hydrogens (tertiary/aromatic N) is 2. The largest absolute Gasteiger partial charge is 0.468 e. The van der Waals surface area contributed by atoms with Crippen LogP contribution in [0.4, 0.5) is 10.1 Å². The van der Waals surface area contributed by atoms with E-state index in [0.29, 0.717) is 6.54 Å². The first-order valence-electron chi connectivity index (χ1n) is 8.70. The van der Waals surface area contributed by atoms with Gasteiger partial charge in [0.1, 0.15) is 11.6 Å². The second kappa shape index (κ2) is 7.81. The van der Waals surface area contributed by atoms with E-state index in [1.54, 1.807) is 18.4 Å². The minimum atomic E-state index is -0.187. The van der Waals surface area contributed by atoms with Gasteiger partial charge in [-0.25, -0.2) is 4.39 Å². The molecular weight excluding hydrogens is 305 g/mol. The van der Waals surface area contributed by atoms with E-state index in [4.69, 9.17) is 4.42 Å². The van der Waals surface area contributed by atoms with Crippen LogP contribution in [0, 0.1) is 5.82 Å². The maximum atomic E-state index is 13.8. The fraction of sp³-hybridized carbons (Fsp3) is 0.474. The zero-order chi connectivity index (χ0) is 16.9. The first kappa shape index (κ1) is 17.0. The van der Waals surface area contributed by atoms with Crippen LogP contribution in [0.2, 0.25) is 0 Å². The van der Waals surface area contributed by atoms with E-state index in [1.165, 1.54) is 0 Å². The number of anilines is 1. The SMILES string of the molecule is CCN1CCN(c2ccc(F)cc2C(C)NCc2ccco2)CC1. The Balaban J connectivity index is 1.73. The normalized spacial score (nSPS) is 17.2. The monoisotopic (exact) mass is 331 g/mol. The Morgan fingerprint density at radius 3 is 2.67 bits per heavy atom. The second-order valence-electron chi connectivity index (χ2n) is 6.31. The van der Waals surface area contributed by atoms with Crippen molar-refractivity contribution in [2.24, 2.45) is 0 Å². The van der Waals surface area contributed by atoms with E-state index in [2.05, 4.69) is 29.0 Å². The average molecular weight is 331 g/mol. The molecule has 1 unspecified atom stereocenters. The summed E-state index contributed by atoms with van der Waals surface area (Å²) in [5.74, 6) is 0.698. The van der Waals surface area contributed by atoms with Crippen LogP contribution < -0.4 is 10.2 Å². The van der Waals surface area contributed by atoms with E-state index in [0.717, 1.165) is 49.7 Å². The van der Waals surface area contributed by atoms with E-state index >= 15 is 0 Å². The van der Waals surface area contributed by atoms with Crippen molar-refractivity contribution < 1.29 is 8.81 Å². The van der Waals surface area contributed by atoms with E-state index in [-0.39, 0.29) is 11.9 Å². The van der Waals surface area contributed by atoms with Gasteiger partial charge in [-0.3, -0.25) is 0 Å². The van der Waals surface area contributed by atoms with Crippen molar-refractivity contribution in [3.8, 4) is 0 Å². The number of hydrogen-bond acceptors (Lipinski definition) is 4. The third-order valence-electron chi connectivity index (χ3n) is 4.78. The third kappa shape index (κ3) is 3.97. The molecule has 0 spiro atoms. The van der Waals surface area contributed by atoms with Gasteiger partial charge in [-0.2, -0.15) is 0 Å². The van der Waals surface area contributed by atoms with Crippen LogP contribution in [0.1, 0.15) is 31.2 Å². The first-order chi connectivity index (χ1) is 11.7. The quantitative estimate of drug-likeness (QED) is 0.879. The molecule has 4 nitrogen and oxygen atoms in total. The number of likely N-dealkylation sites (N-methyl/N-ethyl adjacent to an activating group) is 1. The molecule has 1 N–H and O–H groups in total. The molecule has 1 atom stereocenters. The van der Waals surface area contributed by atoms with Gasteiger partial charge in [0.15, 0.2) is 0 Å². The lowest BCUT2D eigenvalue weighted by molar-refractivity contribution is 0.271. The Labute approximate surface area is 143 Å². The van der Waals surface area contributed by atoms with Gasteiger partial charge in [0, 0.05) is 37.9 Å². The van der Waals surface area contributed by atoms with Crippen molar-refractivity contribution in [1.29, 1.82) is 0 Å². The predicted molar refractivity (Wildman–Crippen MR) is 94.7 cm³/mol. The molecule has 0 saturated carbocycles. The zero-order valence-electron chi connectivity index (χ0n) is 14.5. The minimum absolute atomic E-state index is 0.0463. The highest BCUT2D eigenvalue weighted by molar-refractivity contribution is 5.55. The molecule has 24 heavy (non-hydrogen) atoms. The van der Waals surface area contributed by atoms with Crippen molar-refractivity contribution >= 4 is 5.69 Å². The molecule has 1 aromatic carbocycles. The van der Waals surface area contributed by atoms with Gasteiger partial charge in [-0.15, -0.1) is 0 Å². The van der Waals surface area contributed by atoms with Gasteiger partial charge in [0.05, 0.1) is 12.8 Å². The van der Waals surface area contributed by atoms with Crippen LogP contribution in [0.3, 0.4) is 0 Å². The summed E-state index contributed by atoms with van der Waals surface area (Å²) >= 11 is 0. The molecule has 1 aliphatic heterocycles. The highest BCUT2D eigenvalue weighted by Crippen LogP contribution is 2.28. The zero-order valence-corrected chi connectivity index (χ0v) is 14.5. The number of nitrogens with one attached hydrogen (secondary N) is 1. The van der Waals surface area contributed by atoms with E-state index in [1.807, 2.05) is 18.2 Å². The Hall–Kier alpha value is -1.85. The summed E-state index contributed by atoms with van der Waals surface area (Å²) in [5, 5.41) is 3.43. The fourth-order valence-electron chi connectivity index (χ4n) is 3.24. The lowest BCUT2D eigenvalue weighted by atomic mass is 10.0. The summed E-state index contributed by atoms with van der Waals surface area (Å²) in [4.78, 5) is 4.81. The Morgan fingerprint density at radius 2 is 2.00 bits per heavy atom. The Morgan fingerprint density at radius 1 is 1.21 bits per heavy atom. The highest BCUT2D eigenvalue weighted by atomic mass is 19.1. The molecular formula is C19H26FN3O. The maximum absolute atomic E-state index is 13.8. The predicted octanol–water partition coefficient (Wildman–Crippen LogP) is 3.41. The number of benzene rings is 1. The molecule has 1 aromatic heterocycles. The topological polar surface area (TPSA) is 31.6 Å². The summed E-state index contributed by atoms with van der Waals surface area (Å²) in [7, 11) is 0. The van der Waals surface area contributed by atoms with Crippen molar-refractivity contribution in [1.82, 2.24) is 10.2 Å². The summed E-state index contributed by atoms with van der Waals surface area (Å²) < 4.78 is 19.2. The number of furan rings is 1. The molecule has 1 saturated heterocycles. The molecule has 0 amide bonds. The summed E-state index contributed by atoms with van der Waals surface area (Å²) in [5.41, 5.74) is 2.14. The molecule has 2 heterocycles. The number of rotatable bonds is 6. The van der Waals surface area contributed by atoms with Crippen LogP contribution in [-0.2, 0) is 6.54 Å². The van der Waals surface area contributed by atoms with Gasteiger partial charge >= 0.3 is 0 Å².